The summed E-state index contributed by atoms with van der Waals surface area (Å²) in [5.41, 5.74) is 0. The maximum Gasteiger partial charge on any atom is 0.291 e. The second kappa shape index (κ2) is 3.45. The topological polar surface area (TPSA) is 39.4 Å². The van der Waals surface area contributed by atoms with E-state index >= 15 is 0 Å². The Morgan fingerprint density at radius 1 is 1.38 bits per heavy atom. The lowest BCUT2D eigenvalue weighted by Crippen LogP contribution is -1.75. The SMILES string of the molecule is O=Cc1ccc(Oc2cccs2)o1. The van der Waals surface area contributed by atoms with Crippen molar-refractivity contribution in [1.29, 1.82) is 0 Å². The largest absolute Gasteiger partial charge is 0.422 e. The van der Waals surface area contributed by atoms with E-state index in [1.807, 2.05) is 17.5 Å². The number of ether oxygens (including phenoxy) is 1. The Kier molecular flexibility index (Phi) is 2.14. The van der Waals surface area contributed by atoms with E-state index in [0.29, 0.717) is 12.2 Å². The van der Waals surface area contributed by atoms with Crippen LogP contribution in [-0.4, -0.2) is 6.29 Å². The van der Waals surface area contributed by atoms with Crippen LogP contribution in [0.1, 0.15) is 10.6 Å². The molecule has 0 N–H and O–H groups in total. The van der Waals surface area contributed by atoms with E-state index in [1.165, 1.54) is 11.3 Å². The molecule has 0 amide bonds. The number of carbonyl (C=O) groups excluding carboxylic acids is 1. The Morgan fingerprint density at radius 2 is 2.31 bits per heavy atom. The van der Waals surface area contributed by atoms with Crippen molar-refractivity contribution >= 4 is 17.6 Å². The monoisotopic (exact) mass is 194 g/mol. The van der Waals surface area contributed by atoms with E-state index in [9.17, 15) is 4.79 Å². The predicted molar refractivity (Wildman–Crippen MR) is 48.5 cm³/mol. The van der Waals surface area contributed by atoms with E-state index in [1.54, 1.807) is 12.1 Å². The van der Waals surface area contributed by atoms with Gasteiger partial charge in [-0.15, -0.1) is 11.3 Å². The molecule has 0 bridgehead atoms. The lowest BCUT2D eigenvalue weighted by molar-refractivity contribution is 0.109. The van der Waals surface area contributed by atoms with Gasteiger partial charge < -0.3 is 9.15 Å². The predicted octanol–water partition coefficient (Wildman–Crippen LogP) is 2.95. The third-order valence-electron chi connectivity index (χ3n) is 1.41. The van der Waals surface area contributed by atoms with Crippen LogP contribution >= 0.6 is 11.3 Å². The summed E-state index contributed by atoms with van der Waals surface area (Å²) in [6, 6.07) is 6.89. The van der Waals surface area contributed by atoms with Gasteiger partial charge in [0.2, 0.25) is 0 Å². The minimum Gasteiger partial charge on any atom is -0.422 e. The maximum absolute atomic E-state index is 10.3. The molecule has 0 radical (unpaired) electrons. The molecule has 4 heteroatoms. The van der Waals surface area contributed by atoms with Crippen molar-refractivity contribution < 1.29 is 13.9 Å². The summed E-state index contributed by atoms with van der Waals surface area (Å²) in [4.78, 5) is 10.3. The van der Waals surface area contributed by atoms with Gasteiger partial charge in [0.05, 0.1) is 0 Å². The number of furan rings is 1. The fourth-order valence-corrected chi connectivity index (χ4v) is 1.45. The zero-order chi connectivity index (χ0) is 9.10. The quantitative estimate of drug-likeness (QED) is 0.705. The molecule has 2 aromatic heterocycles. The zero-order valence-corrected chi connectivity index (χ0v) is 7.41. The first-order chi connectivity index (χ1) is 6.38. The lowest BCUT2D eigenvalue weighted by atomic mass is 10.5. The lowest BCUT2D eigenvalue weighted by Gasteiger charge is -1.95. The van der Waals surface area contributed by atoms with Crippen molar-refractivity contribution in [2.24, 2.45) is 0 Å². The third-order valence-corrected chi connectivity index (χ3v) is 2.16. The Balaban J connectivity index is 2.14. The molecule has 13 heavy (non-hydrogen) atoms. The molecular weight excluding hydrogens is 188 g/mol. The number of thiophene rings is 1. The van der Waals surface area contributed by atoms with Crippen molar-refractivity contribution in [2.45, 2.75) is 0 Å². The van der Waals surface area contributed by atoms with Crippen LogP contribution in [0.15, 0.2) is 34.1 Å². The van der Waals surface area contributed by atoms with Crippen molar-refractivity contribution in [2.75, 3.05) is 0 Å². The van der Waals surface area contributed by atoms with Gasteiger partial charge in [0, 0.05) is 6.07 Å². The van der Waals surface area contributed by atoms with Gasteiger partial charge in [-0.1, -0.05) is 0 Å². The molecule has 0 aliphatic heterocycles. The van der Waals surface area contributed by atoms with Crippen molar-refractivity contribution in [1.82, 2.24) is 0 Å². The minimum absolute atomic E-state index is 0.270. The molecule has 0 atom stereocenters. The summed E-state index contributed by atoms with van der Waals surface area (Å²) in [5.74, 6) is 0.608. The standard InChI is InChI=1S/C9H6O3S/c10-6-7-3-4-8(11-7)12-9-2-1-5-13-9/h1-6H. The average Bonchev–Trinajstić information content (AvgIpc) is 2.76. The highest BCUT2D eigenvalue weighted by Gasteiger charge is 2.03. The molecule has 0 fully saturated rings. The number of rotatable bonds is 3. The normalized spacial score (nSPS) is 9.85. The van der Waals surface area contributed by atoms with Gasteiger partial charge in [-0.25, -0.2) is 0 Å². The fourth-order valence-electron chi connectivity index (χ4n) is 0.873. The molecule has 0 spiro atoms. The highest BCUT2D eigenvalue weighted by Crippen LogP contribution is 2.26. The highest BCUT2D eigenvalue weighted by molar-refractivity contribution is 7.11. The molecule has 0 aliphatic rings. The van der Waals surface area contributed by atoms with Gasteiger partial charge in [-0.3, -0.25) is 4.79 Å². The summed E-state index contributed by atoms with van der Waals surface area (Å²) in [6.07, 6.45) is 0.640. The number of carbonyl (C=O) groups is 1. The molecule has 3 nitrogen and oxygen atoms in total. The van der Waals surface area contributed by atoms with Gasteiger partial charge in [0.15, 0.2) is 17.1 Å². The Labute approximate surface area is 78.6 Å². The van der Waals surface area contributed by atoms with Crippen LogP contribution in [0.2, 0.25) is 0 Å². The van der Waals surface area contributed by atoms with Gasteiger partial charge in [-0.05, 0) is 23.6 Å². The van der Waals surface area contributed by atoms with Gasteiger partial charge in [0.1, 0.15) is 0 Å². The first-order valence-electron chi connectivity index (χ1n) is 3.65. The van der Waals surface area contributed by atoms with Crippen LogP contribution in [0.4, 0.5) is 0 Å². The first-order valence-corrected chi connectivity index (χ1v) is 4.53. The Morgan fingerprint density at radius 3 is 2.92 bits per heavy atom. The van der Waals surface area contributed by atoms with Crippen LogP contribution < -0.4 is 4.74 Å². The summed E-state index contributed by atoms with van der Waals surface area (Å²) >= 11 is 1.46. The first kappa shape index (κ1) is 8.07. The van der Waals surface area contributed by atoms with Crippen LogP contribution in [0.3, 0.4) is 0 Å². The second-order valence-electron chi connectivity index (χ2n) is 2.31. The van der Waals surface area contributed by atoms with E-state index in [-0.39, 0.29) is 5.76 Å². The molecule has 2 aromatic rings. The molecule has 0 saturated heterocycles. The van der Waals surface area contributed by atoms with Crippen molar-refractivity contribution in [3.8, 4) is 11.0 Å². The van der Waals surface area contributed by atoms with Crippen LogP contribution in [0.25, 0.3) is 0 Å². The van der Waals surface area contributed by atoms with Crippen molar-refractivity contribution in [3.05, 3.63) is 35.4 Å². The van der Waals surface area contributed by atoms with Gasteiger partial charge in [0.25, 0.3) is 5.95 Å². The van der Waals surface area contributed by atoms with Crippen molar-refractivity contribution in [3.63, 3.8) is 0 Å². The van der Waals surface area contributed by atoms with E-state index in [2.05, 4.69) is 0 Å². The number of aldehydes is 1. The highest BCUT2D eigenvalue weighted by atomic mass is 32.1. The molecule has 0 aliphatic carbocycles. The smallest absolute Gasteiger partial charge is 0.291 e. The minimum atomic E-state index is 0.270. The summed E-state index contributed by atoms with van der Waals surface area (Å²) < 4.78 is 10.3. The molecule has 0 saturated carbocycles. The van der Waals surface area contributed by atoms with Gasteiger partial charge in [-0.2, -0.15) is 0 Å². The molecule has 0 unspecified atom stereocenters. The number of hydrogen-bond acceptors (Lipinski definition) is 4. The Hall–Kier alpha value is -1.55. The number of hydrogen-bond donors (Lipinski definition) is 0. The summed E-state index contributed by atoms with van der Waals surface area (Å²) in [6.45, 7) is 0. The molecule has 0 aromatic carbocycles. The maximum atomic E-state index is 10.3. The summed E-state index contributed by atoms with van der Waals surface area (Å²) in [5, 5.41) is 2.64. The van der Waals surface area contributed by atoms with E-state index in [0.717, 1.165) is 5.06 Å². The van der Waals surface area contributed by atoms with Crippen LogP contribution in [-0.2, 0) is 0 Å². The molecule has 66 valence electrons. The fraction of sp³-hybridized carbons (Fsp3) is 0. The third kappa shape index (κ3) is 1.78. The summed E-state index contributed by atoms with van der Waals surface area (Å²) in [7, 11) is 0. The van der Waals surface area contributed by atoms with Gasteiger partial charge >= 0.3 is 0 Å². The van der Waals surface area contributed by atoms with Crippen LogP contribution in [0.5, 0.6) is 11.0 Å². The molecule has 2 rings (SSSR count). The zero-order valence-electron chi connectivity index (χ0n) is 6.60. The molecular formula is C9H6O3S. The average molecular weight is 194 g/mol. The van der Waals surface area contributed by atoms with E-state index < -0.39 is 0 Å². The van der Waals surface area contributed by atoms with E-state index in [4.69, 9.17) is 9.15 Å². The van der Waals surface area contributed by atoms with Crippen LogP contribution in [0, 0.1) is 0 Å². The second-order valence-corrected chi connectivity index (χ2v) is 3.22. The Bertz CT molecular complexity index is 389. The molecule has 2 heterocycles.